The lowest BCUT2D eigenvalue weighted by molar-refractivity contribution is -0.160. The second-order valence-electron chi connectivity index (χ2n) is 13.5. The van der Waals surface area contributed by atoms with Crippen molar-refractivity contribution in [3.05, 3.63) is 64.1 Å². The molecule has 52 heavy (non-hydrogen) atoms. The highest BCUT2D eigenvalue weighted by atomic mass is 16.7. The first kappa shape index (κ1) is 39.9. The molecule has 4 aliphatic rings. The first-order valence-electron chi connectivity index (χ1n) is 16.7. The Balaban J connectivity index is 1.89. The minimum atomic E-state index is -2.14. The number of rotatable bonds is 3. The topological polar surface area (TPSA) is 235 Å². The average Bonchev–Trinajstić information content (AvgIpc) is 3.37. The Morgan fingerprint density at radius 2 is 1.60 bits per heavy atom. The fourth-order valence-electron chi connectivity index (χ4n) is 6.73. The smallest absolute Gasteiger partial charge is 0.312 e. The van der Waals surface area contributed by atoms with E-state index in [1.165, 1.54) is 59.1 Å². The van der Waals surface area contributed by atoms with Crippen LogP contribution < -0.4 is 10.1 Å². The quantitative estimate of drug-likeness (QED) is 0.194. The number of esters is 1. The number of aromatic hydroxyl groups is 1. The highest BCUT2D eigenvalue weighted by Crippen LogP contribution is 2.49. The third-order valence-corrected chi connectivity index (χ3v) is 9.99. The van der Waals surface area contributed by atoms with E-state index in [9.17, 15) is 49.5 Å². The Labute approximate surface area is 300 Å². The van der Waals surface area contributed by atoms with Crippen LogP contribution in [-0.2, 0) is 28.6 Å². The van der Waals surface area contributed by atoms with Gasteiger partial charge in [0, 0.05) is 55.8 Å². The fourth-order valence-corrected chi connectivity index (χ4v) is 6.73. The molecule has 5 rings (SSSR count). The molecule has 9 atom stereocenters. The zero-order chi connectivity index (χ0) is 39.0. The summed E-state index contributed by atoms with van der Waals surface area (Å²) in [6.45, 7) is 9.49. The molecule has 3 heterocycles. The Morgan fingerprint density at radius 3 is 2.19 bits per heavy atom. The molecule has 0 fully saturated rings. The number of phenols is 1. The summed E-state index contributed by atoms with van der Waals surface area (Å²) < 4.78 is 22.9. The summed E-state index contributed by atoms with van der Waals surface area (Å²) in [5.41, 5.74) is -2.54. The first-order valence-corrected chi connectivity index (χ1v) is 16.7. The van der Waals surface area contributed by atoms with Crippen molar-refractivity contribution in [3.63, 3.8) is 0 Å². The summed E-state index contributed by atoms with van der Waals surface area (Å²) in [5, 5.41) is 57.2. The van der Waals surface area contributed by atoms with Gasteiger partial charge in [-0.05, 0) is 19.9 Å². The van der Waals surface area contributed by atoms with Gasteiger partial charge in [0.05, 0.1) is 47.9 Å². The van der Waals surface area contributed by atoms with E-state index in [0.29, 0.717) is 0 Å². The predicted molar refractivity (Wildman–Crippen MR) is 183 cm³/mol. The summed E-state index contributed by atoms with van der Waals surface area (Å²) in [6, 6.07) is 0. The van der Waals surface area contributed by atoms with Crippen molar-refractivity contribution in [2.45, 2.75) is 78.7 Å². The van der Waals surface area contributed by atoms with Gasteiger partial charge in [-0.3, -0.25) is 24.0 Å². The number of nitrogens with one attached hydrogen (secondary N) is 1. The molecule has 15 heteroatoms. The summed E-state index contributed by atoms with van der Waals surface area (Å²) in [6.07, 6.45) is 2.14. The number of hydrogen-bond donors (Lipinski definition) is 6. The van der Waals surface area contributed by atoms with Crippen LogP contribution >= 0.6 is 0 Å². The molecular formula is C37H45NO14. The average molecular weight is 728 g/mol. The second kappa shape index (κ2) is 15.4. The number of ketones is 3. The van der Waals surface area contributed by atoms with E-state index >= 15 is 0 Å². The van der Waals surface area contributed by atoms with Crippen LogP contribution in [0, 0.1) is 30.6 Å². The molecule has 3 aliphatic heterocycles. The number of methoxy groups -OCH3 is 1. The Hall–Kier alpha value is -4.83. The fraction of sp³-hybridized carbons (Fsp3) is 0.486. The maximum Gasteiger partial charge on any atom is 0.312 e. The van der Waals surface area contributed by atoms with Crippen molar-refractivity contribution in [1.82, 2.24) is 5.32 Å². The van der Waals surface area contributed by atoms with Crippen molar-refractivity contribution in [2.75, 3.05) is 13.7 Å². The Kier molecular flexibility index (Phi) is 11.8. The zero-order valence-corrected chi connectivity index (χ0v) is 30.1. The van der Waals surface area contributed by atoms with Crippen molar-refractivity contribution >= 4 is 35.0 Å². The van der Waals surface area contributed by atoms with Gasteiger partial charge >= 0.3 is 11.8 Å². The van der Waals surface area contributed by atoms with Crippen LogP contribution in [0.3, 0.4) is 0 Å². The highest BCUT2D eigenvalue weighted by Gasteiger charge is 2.53. The van der Waals surface area contributed by atoms with E-state index in [2.05, 4.69) is 5.32 Å². The molecule has 0 radical (unpaired) electrons. The molecule has 0 saturated carbocycles. The largest absolute Gasteiger partial charge is 0.507 e. The van der Waals surface area contributed by atoms with Crippen LogP contribution in [0.5, 0.6) is 11.5 Å². The molecule has 0 saturated heterocycles. The van der Waals surface area contributed by atoms with Gasteiger partial charge in [-0.25, -0.2) is 0 Å². The lowest BCUT2D eigenvalue weighted by atomic mass is 9.78. The maximum atomic E-state index is 13.9. The van der Waals surface area contributed by atoms with E-state index in [0.717, 1.165) is 6.26 Å². The van der Waals surface area contributed by atoms with Gasteiger partial charge in [-0.2, -0.15) is 0 Å². The van der Waals surface area contributed by atoms with E-state index in [1.807, 2.05) is 0 Å². The number of hydrogen-bond acceptors (Lipinski definition) is 14. The molecule has 0 aromatic heterocycles. The van der Waals surface area contributed by atoms with E-state index in [4.69, 9.17) is 18.9 Å². The normalized spacial score (nSPS) is 31.6. The van der Waals surface area contributed by atoms with Gasteiger partial charge in [0.15, 0.2) is 5.76 Å². The predicted octanol–water partition coefficient (Wildman–Crippen LogP) is 2.33. The van der Waals surface area contributed by atoms with Crippen LogP contribution in [0.15, 0.2) is 41.8 Å². The van der Waals surface area contributed by atoms with E-state index in [-0.39, 0.29) is 16.9 Å². The molecule has 1 amide bonds. The molecule has 0 spiro atoms. The summed E-state index contributed by atoms with van der Waals surface area (Å²) in [4.78, 5) is 66.1. The van der Waals surface area contributed by atoms with E-state index in [1.54, 1.807) is 20.8 Å². The van der Waals surface area contributed by atoms with E-state index < -0.39 is 124 Å². The number of carbonyl (C=O) groups is 5. The Bertz CT molecular complexity index is 1790. The number of benzene rings is 1. The number of ether oxygens (including phenoxy) is 4. The van der Waals surface area contributed by atoms with Gasteiger partial charge in [0.2, 0.25) is 5.78 Å². The zero-order valence-electron chi connectivity index (χ0n) is 30.1. The standard InChI is InChI=1S/C37H45NO14/c1-15-10-9-11-21(14-39)28(42)17(3)27(41)18(4)33(51-20(6)40)16(2)22(49-8)12-13-50-37(7)35(47)25-23-24(29(43)19(5)34(25)52-37)30(44)26(38-36(15)48)32(46)31(23)45/h9-13,16-18,21-22,27-28,33,39,41-44H,14H2,1-8H3,(H,38,48). The molecule has 1 aliphatic carbocycles. The first-order chi connectivity index (χ1) is 24.3. The lowest BCUT2D eigenvalue weighted by Gasteiger charge is -2.38. The molecular weight excluding hydrogens is 682 g/mol. The summed E-state index contributed by atoms with van der Waals surface area (Å²) >= 11 is 0. The molecule has 282 valence electrons. The lowest BCUT2D eigenvalue weighted by Crippen LogP contribution is -2.47. The van der Waals surface area contributed by atoms with Crippen LogP contribution in [0.25, 0.3) is 5.76 Å². The number of fused-ring (bicyclic) bond motifs is 14. The minimum absolute atomic E-state index is 0.0326. The van der Waals surface area contributed by atoms with Crippen molar-refractivity contribution in [2.24, 2.45) is 23.7 Å². The summed E-state index contributed by atoms with van der Waals surface area (Å²) in [5.74, 6) is -12.4. The molecule has 15 nitrogen and oxygen atoms in total. The SMILES string of the molecule is COC1C=COC2(C)Oc3c(C)c(O)c4c(c3C2=O)C(=O)C(=O)C(=C4O)NC(=O)C(C)=CC=CC(CO)C(O)C(C)C(O)C(C)C(OC(C)=O)C1C. The molecule has 5 bridgehead atoms. The van der Waals surface area contributed by atoms with Gasteiger partial charge in [-0.1, -0.05) is 39.0 Å². The monoisotopic (exact) mass is 727 g/mol. The third kappa shape index (κ3) is 7.13. The van der Waals surface area contributed by atoms with Gasteiger partial charge in [-0.15, -0.1) is 0 Å². The van der Waals surface area contributed by atoms with Crippen LogP contribution in [-0.4, -0.2) is 98.7 Å². The van der Waals surface area contributed by atoms with Crippen molar-refractivity contribution in [1.29, 1.82) is 0 Å². The van der Waals surface area contributed by atoms with Crippen LogP contribution in [0.4, 0.5) is 0 Å². The van der Waals surface area contributed by atoms with Gasteiger partial charge in [0.1, 0.15) is 23.3 Å². The van der Waals surface area contributed by atoms with Gasteiger partial charge in [0.25, 0.3) is 17.5 Å². The van der Waals surface area contributed by atoms with Gasteiger partial charge < -0.3 is 49.8 Å². The number of phenolic OH excluding ortho intramolecular Hbond substituents is 1. The van der Waals surface area contributed by atoms with Crippen molar-refractivity contribution < 1.29 is 68.5 Å². The second-order valence-corrected chi connectivity index (χ2v) is 13.5. The Morgan fingerprint density at radius 1 is 0.942 bits per heavy atom. The summed E-state index contributed by atoms with van der Waals surface area (Å²) in [7, 11) is 1.37. The van der Waals surface area contributed by atoms with Crippen LogP contribution in [0.2, 0.25) is 0 Å². The number of amides is 1. The number of allylic oxidation sites excluding steroid dienone is 3. The number of aliphatic hydroxyl groups excluding tert-OH is 4. The number of carbonyl (C=O) groups excluding carboxylic acids is 5. The third-order valence-electron chi connectivity index (χ3n) is 9.99. The maximum absolute atomic E-state index is 13.9. The van der Waals surface area contributed by atoms with Crippen molar-refractivity contribution in [3.8, 4) is 11.5 Å². The molecule has 1 aromatic carbocycles. The highest BCUT2D eigenvalue weighted by molar-refractivity contribution is 6.53. The number of Topliss-reactive ketones (excluding diaryl/α,β-unsaturated/α-hetero) is 3. The molecule has 6 N–H and O–H groups in total. The number of aliphatic hydroxyl groups is 4. The molecule has 1 aromatic rings. The molecule has 9 unspecified atom stereocenters. The van der Waals surface area contributed by atoms with Crippen LogP contribution in [0.1, 0.15) is 73.4 Å². The minimum Gasteiger partial charge on any atom is -0.507 e.